The molecule has 1 aromatic rings. The molecule has 2 N–H and O–H groups in total. The Hall–Kier alpha value is -1.05. The second-order valence-electron chi connectivity index (χ2n) is 1.91. The molecular weight excluding hydrogens is 187 g/mol. The largest absolute Gasteiger partial charge is 0.302 e. The van der Waals surface area contributed by atoms with E-state index in [-0.39, 0.29) is 4.90 Å². The zero-order chi connectivity index (χ0) is 9.19. The topological polar surface area (TPSA) is 79.3 Å². The van der Waals surface area contributed by atoms with Gasteiger partial charge in [0.2, 0.25) is 5.95 Å². The minimum absolute atomic E-state index is 0.300. The van der Waals surface area contributed by atoms with Crippen LogP contribution < -0.4 is 4.89 Å². The molecule has 0 atom stereocenters. The molecule has 0 radical (unpaired) electrons. The van der Waals surface area contributed by atoms with Crippen LogP contribution in [0.1, 0.15) is 0 Å². The Labute approximate surface area is 67.9 Å². The van der Waals surface area contributed by atoms with Crippen LogP contribution in [0, 0.1) is 5.95 Å². The van der Waals surface area contributed by atoms with E-state index >= 15 is 0 Å². The lowest BCUT2D eigenvalue weighted by atomic mass is 10.5. The summed E-state index contributed by atoms with van der Waals surface area (Å²) in [6.45, 7) is 0. The summed E-state index contributed by atoms with van der Waals surface area (Å²) in [6.07, 6.45) is 0.799. The van der Waals surface area contributed by atoms with Crippen molar-refractivity contribution in [2.75, 3.05) is 0 Å². The molecule has 0 aliphatic rings. The van der Waals surface area contributed by atoms with Crippen molar-refractivity contribution in [3.8, 4) is 0 Å². The lowest BCUT2D eigenvalue weighted by Crippen LogP contribution is -2.19. The van der Waals surface area contributed by atoms with Gasteiger partial charge in [-0.1, -0.05) is 4.89 Å². The molecule has 1 aromatic heterocycles. The van der Waals surface area contributed by atoms with Crippen LogP contribution in [0.2, 0.25) is 0 Å². The van der Waals surface area contributed by atoms with E-state index in [1.807, 2.05) is 0 Å². The van der Waals surface area contributed by atoms with Crippen molar-refractivity contribution in [3.63, 3.8) is 0 Å². The Morgan fingerprint density at radius 1 is 1.50 bits per heavy atom. The van der Waals surface area contributed by atoms with Crippen molar-refractivity contribution in [2.24, 2.45) is 0 Å². The standard InChI is InChI=1S/C5H5FN2O3S/c6-5-2-1-4(3-7-5)12(10,11)8-9/h1-3,8-9H. The molecule has 0 amide bonds. The van der Waals surface area contributed by atoms with Crippen molar-refractivity contribution in [1.82, 2.24) is 9.87 Å². The first-order valence-corrected chi connectivity index (χ1v) is 4.32. The molecule has 0 fully saturated rings. The van der Waals surface area contributed by atoms with Gasteiger partial charge in [0.1, 0.15) is 4.90 Å². The molecule has 0 bridgehead atoms. The fraction of sp³-hybridized carbons (Fsp3) is 0. The Morgan fingerprint density at radius 2 is 2.17 bits per heavy atom. The predicted octanol–water partition coefficient (Wildman–Crippen LogP) is -0.112. The maximum absolute atomic E-state index is 12.2. The van der Waals surface area contributed by atoms with Gasteiger partial charge in [0.05, 0.1) is 6.20 Å². The van der Waals surface area contributed by atoms with Crippen LogP contribution >= 0.6 is 0 Å². The first-order valence-electron chi connectivity index (χ1n) is 2.84. The van der Waals surface area contributed by atoms with E-state index in [1.165, 1.54) is 0 Å². The Balaban J connectivity index is 3.14. The number of nitrogens with zero attached hydrogens (tertiary/aromatic N) is 1. The monoisotopic (exact) mass is 192 g/mol. The smallest absolute Gasteiger partial charge is 0.263 e. The quantitative estimate of drug-likeness (QED) is 0.506. The zero-order valence-electron chi connectivity index (χ0n) is 5.73. The summed E-state index contributed by atoms with van der Waals surface area (Å²) in [5, 5.41) is 8.16. The average Bonchev–Trinajstić information content (AvgIpc) is 2.05. The van der Waals surface area contributed by atoms with Crippen LogP contribution in [0.15, 0.2) is 23.2 Å². The Kier molecular flexibility index (Phi) is 2.36. The summed E-state index contributed by atoms with van der Waals surface area (Å²) < 4.78 is 33.8. The minimum atomic E-state index is -3.94. The zero-order valence-corrected chi connectivity index (χ0v) is 6.55. The third kappa shape index (κ3) is 1.76. The minimum Gasteiger partial charge on any atom is -0.302 e. The highest BCUT2D eigenvalue weighted by Gasteiger charge is 2.12. The van der Waals surface area contributed by atoms with Crippen molar-refractivity contribution in [2.45, 2.75) is 4.90 Å². The first-order chi connectivity index (χ1) is 5.56. The number of halogens is 1. The molecule has 1 heterocycles. The lowest BCUT2D eigenvalue weighted by Gasteiger charge is -1.98. The molecule has 5 nitrogen and oxygen atoms in total. The van der Waals surface area contributed by atoms with E-state index in [1.54, 1.807) is 0 Å². The predicted molar refractivity (Wildman–Crippen MR) is 36.3 cm³/mol. The number of rotatable bonds is 2. The normalized spacial score (nSPS) is 11.5. The van der Waals surface area contributed by atoms with Crippen molar-refractivity contribution in [1.29, 1.82) is 0 Å². The summed E-state index contributed by atoms with van der Waals surface area (Å²) in [7, 11) is -3.94. The van der Waals surface area contributed by atoms with Crippen molar-refractivity contribution >= 4 is 10.0 Å². The van der Waals surface area contributed by atoms with E-state index in [9.17, 15) is 12.8 Å². The third-order valence-electron chi connectivity index (χ3n) is 1.13. The van der Waals surface area contributed by atoms with Gasteiger partial charge in [-0.15, -0.1) is 0 Å². The number of nitrogens with one attached hydrogen (secondary N) is 1. The molecule has 0 spiro atoms. The number of sulfonamides is 1. The van der Waals surface area contributed by atoms with Crippen LogP contribution in [-0.2, 0) is 10.0 Å². The summed E-state index contributed by atoms with van der Waals surface area (Å²) in [5.41, 5.74) is 0. The highest BCUT2D eigenvalue weighted by atomic mass is 32.2. The summed E-state index contributed by atoms with van der Waals surface area (Å²) in [5.74, 6) is -0.785. The van der Waals surface area contributed by atoms with Crippen molar-refractivity contribution in [3.05, 3.63) is 24.3 Å². The van der Waals surface area contributed by atoms with Crippen LogP contribution in [0.4, 0.5) is 4.39 Å². The SMILES string of the molecule is O=S(=O)(NO)c1ccc(F)nc1. The second-order valence-corrected chi connectivity index (χ2v) is 3.57. The molecule has 0 aliphatic heterocycles. The van der Waals surface area contributed by atoms with E-state index in [0.29, 0.717) is 0 Å². The number of hydrogen-bond donors (Lipinski definition) is 2. The summed E-state index contributed by atoms with van der Waals surface area (Å²) >= 11 is 0. The Bertz CT molecular complexity index is 361. The molecular formula is C5H5FN2O3S. The van der Waals surface area contributed by atoms with Gasteiger partial charge in [0, 0.05) is 0 Å². The third-order valence-corrected chi connectivity index (χ3v) is 2.23. The summed E-state index contributed by atoms with van der Waals surface area (Å²) in [4.78, 5) is 3.88. The molecule has 0 saturated heterocycles. The summed E-state index contributed by atoms with van der Waals surface area (Å²) in [6, 6.07) is 1.87. The van der Waals surface area contributed by atoms with Gasteiger partial charge in [-0.2, -0.15) is 4.39 Å². The van der Waals surface area contributed by atoms with Gasteiger partial charge >= 0.3 is 0 Å². The van der Waals surface area contributed by atoms with Gasteiger partial charge in [-0.05, 0) is 12.1 Å². The van der Waals surface area contributed by atoms with Crippen LogP contribution in [-0.4, -0.2) is 18.6 Å². The number of hydrogen-bond acceptors (Lipinski definition) is 4. The molecule has 12 heavy (non-hydrogen) atoms. The van der Waals surface area contributed by atoms with E-state index in [4.69, 9.17) is 5.21 Å². The fourth-order valence-corrected chi connectivity index (χ4v) is 1.12. The molecule has 66 valence electrons. The molecule has 0 saturated carbocycles. The van der Waals surface area contributed by atoms with Crippen LogP contribution in [0.25, 0.3) is 0 Å². The number of aromatic nitrogens is 1. The van der Waals surface area contributed by atoms with E-state index in [2.05, 4.69) is 4.98 Å². The maximum Gasteiger partial charge on any atom is 0.263 e. The highest BCUT2D eigenvalue weighted by molar-refractivity contribution is 7.89. The maximum atomic E-state index is 12.2. The average molecular weight is 192 g/mol. The van der Waals surface area contributed by atoms with E-state index < -0.39 is 16.0 Å². The van der Waals surface area contributed by atoms with Gasteiger partial charge in [-0.25, -0.2) is 13.4 Å². The first kappa shape index (κ1) is 9.04. The molecule has 7 heteroatoms. The van der Waals surface area contributed by atoms with Gasteiger partial charge in [-0.3, -0.25) is 0 Å². The lowest BCUT2D eigenvalue weighted by molar-refractivity contribution is 0.242. The fourth-order valence-electron chi connectivity index (χ4n) is 0.574. The Morgan fingerprint density at radius 3 is 2.58 bits per heavy atom. The molecule has 1 rings (SSSR count). The highest BCUT2D eigenvalue weighted by Crippen LogP contribution is 2.05. The van der Waals surface area contributed by atoms with Crippen LogP contribution in [0.5, 0.6) is 0 Å². The molecule has 0 aliphatic carbocycles. The van der Waals surface area contributed by atoms with Crippen molar-refractivity contribution < 1.29 is 18.0 Å². The van der Waals surface area contributed by atoms with Crippen LogP contribution in [0.3, 0.4) is 0 Å². The van der Waals surface area contributed by atoms with E-state index in [0.717, 1.165) is 23.2 Å². The van der Waals surface area contributed by atoms with Gasteiger partial charge < -0.3 is 5.21 Å². The number of pyridine rings is 1. The molecule has 0 aromatic carbocycles. The second kappa shape index (κ2) is 3.13. The molecule has 0 unspecified atom stereocenters. The van der Waals surface area contributed by atoms with Gasteiger partial charge in [0.25, 0.3) is 10.0 Å². The van der Waals surface area contributed by atoms with Gasteiger partial charge in [0.15, 0.2) is 0 Å².